The number of rotatable bonds is 8. The van der Waals surface area contributed by atoms with Crippen LogP contribution in [0, 0.1) is 0 Å². The first-order valence-electron chi connectivity index (χ1n) is 12.5. The minimum Gasteiger partial charge on any atom is -0.292 e. The van der Waals surface area contributed by atoms with E-state index in [9.17, 15) is 28.8 Å². The van der Waals surface area contributed by atoms with Crippen LogP contribution in [0.4, 0.5) is 0 Å². The van der Waals surface area contributed by atoms with E-state index < -0.39 is 35.4 Å². The molecule has 6 amide bonds. The normalized spacial score (nSPS) is 16.3. The van der Waals surface area contributed by atoms with Gasteiger partial charge in [-0.05, 0) is 48.5 Å². The molecule has 0 aromatic heterocycles. The van der Waals surface area contributed by atoms with E-state index in [2.05, 4.69) is 21.7 Å². The van der Waals surface area contributed by atoms with Crippen LogP contribution in [-0.4, -0.2) is 67.0 Å². The number of carbonyl (C=O) groups is 6. The van der Waals surface area contributed by atoms with E-state index in [4.69, 9.17) is 47.6 Å². The average molecular weight is 712 g/mol. The summed E-state index contributed by atoms with van der Waals surface area (Å²) in [6, 6.07) is 12.1. The van der Waals surface area contributed by atoms with Crippen LogP contribution in [-0.2, 0) is 19.2 Å². The van der Waals surface area contributed by atoms with Gasteiger partial charge < -0.3 is 0 Å². The summed E-state index contributed by atoms with van der Waals surface area (Å²) in [5.74, 6) is -3.39. The van der Waals surface area contributed by atoms with Crippen molar-refractivity contribution in [3.63, 3.8) is 0 Å². The molecule has 2 aliphatic rings. The summed E-state index contributed by atoms with van der Waals surface area (Å²) in [6.07, 6.45) is -0.378. The minimum absolute atomic E-state index is 0.0611. The first-order valence-corrected chi connectivity index (χ1v) is 15.7. The third-order valence-corrected chi connectivity index (χ3v) is 9.40. The number of nitrogens with one attached hydrogen (secondary N) is 4. The number of amides is 6. The van der Waals surface area contributed by atoms with Gasteiger partial charge in [0.25, 0.3) is 23.6 Å². The van der Waals surface area contributed by atoms with Crippen molar-refractivity contribution in [1.29, 1.82) is 0 Å². The molecule has 2 saturated heterocycles. The Kier molecular flexibility index (Phi) is 11.3. The molecule has 0 atom stereocenters. The molecule has 2 aliphatic heterocycles. The summed E-state index contributed by atoms with van der Waals surface area (Å²) in [5, 5.41) is 0.911. The molecule has 2 aromatic carbocycles. The third kappa shape index (κ3) is 8.34. The molecule has 18 heteroatoms. The van der Waals surface area contributed by atoms with Gasteiger partial charge in [0.1, 0.15) is 8.64 Å². The van der Waals surface area contributed by atoms with Crippen LogP contribution in [0.15, 0.2) is 58.3 Å². The smallest absolute Gasteiger partial charge is 0.269 e. The quantitative estimate of drug-likeness (QED) is 0.183. The van der Waals surface area contributed by atoms with Crippen LogP contribution in [0.2, 0.25) is 10.0 Å². The maximum atomic E-state index is 13.1. The lowest BCUT2D eigenvalue weighted by atomic mass is 10.2. The molecule has 4 N–H and O–H groups in total. The second kappa shape index (κ2) is 15.0. The van der Waals surface area contributed by atoms with Gasteiger partial charge in [-0.3, -0.25) is 60.3 Å². The number of benzene rings is 2. The Morgan fingerprint density at radius 1 is 0.614 bits per heavy atom. The summed E-state index contributed by atoms with van der Waals surface area (Å²) in [6.45, 7) is -0.196. The van der Waals surface area contributed by atoms with Crippen molar-refractivity contribution in [2.45, 2.75) is 12.8 Å². The maximum Gasteiger partial charge on any atom is 0.269 e. The van der Waals surface area contributed by atoms with Crippen LogP contribution in [0.3, 0.4) is 0 Å². The van der Waals surface area contributed by atoms with Crippen molar-refractivity contribution in [2.75, 3.05) is 13.1 Å². The summed E-state index contributed by atoms with van der Waals surface area (Å²) in [7, 11) is 0. The third-order valence-electron chi connectivity index (χ3n) is 5.87. The van der Waals surface area contributed by atoms with Gasteiger partial charge in [0, 0.05) is 47.1 Å². The molecule has 2 heterocycles. The lowest BCUT2D eigenvalue weighted by Crippen LogP contribution is -2.43. The molecule has 0 saturated carbocycles. The van der Waals surface area contributed by atoms with Gasteiger partial charge >= 0.3 is 0 Å². The molecular formula is C26H20Cl2N6O6S4. The topological polar surface area (TPSA) is 157 Å². The van der Waals surface area contributed by atoms with E-state index in [0.717, 1.165) is 23.5 Å². The van der Waals surface area contributed by atoms with Gasteiger partial charge in [-0.25, -0.2) is 0 Å². The van der Waals surface area contributed by atoms with E-state index in [0.29, 0.717) is 10.0 Å². The number of carbonyl (C=O) groups excluding carboxylic acids is 6. The number of hydrazine groups is 2. The molecule has 2 aromatic rings. The van der Waals surface area contributed by atoms with Crippen LogP contribution in [0.25, 0.3) is 0 Å². The first kappa shape index (κ1) is 33.4. The minimum atomic E-state index is -0.574. The number of nitrogens with zero attached hydrogens (tertiary/aromatic N) is 2. The van der Waals surface area contributed by atoms with Crippen molar-refractivity contribution in [1.82, 2.24) is 31.5 Å². The van der Waals surface area contributed by atoms with Crippen molar-refractivity contribution < 1.29 is 28.8 Å². The van der Waals surface area contributed by atoms with Crippen molar-refractivity contribution in [2.24, 2.45) is 0 Å². The Hall–Kier alpha value is -3.54. The molecule has 12 nitrogen and oxygen atoms in total. The highest BCUT2D eigenvalue weighted by molar-refractivity contribution is 8.29. The van der Waals surface area contributed by atoms with E-state index in [1.54, 1.807) is 0 Å². The van der Waals surface area contributed by atoms with Gasteiger partial charge in [-0.2, -0.15) is 0 Å². The van der Waals surface area contributed by atoms with Gasteiger partial charge in [-0.15, -0.1) is 0 Å². The van der Waals surface area contributed by atoms with E-state index in [1.165, 1.54) is 58.3 Å². The summed E-state index contributed by atoms with van der Waals surface area (Å²) in [5.41, 5.74) is 9.65. The lowest BCUT2D eigenvalue weighted by Gasteiger charge is -2.15. The Morgan fingerprint density at radius 3 is 1.30 bits per heavy atom. The standard InChI is InChI=1S/C26H20Cl2N6O6S4/c27-15-5-1-13(2-6-15)21(37)31-29-17(35)9-11-33-23(39)19(43-25(33)41)20-24(40)34(26(42)44-20)12-10-18(36)30-32-22(38)14-3-7-16(28)8-4-14/h1-8H,9-12H2,(H,29,35)(H,30,36)(H,31,37)(H,32,38)/b20-19+. The molecule has 4 rings (SSSR count). The van der Waals surface area contributed by atoms with Crippen LogP contribution in [0.1, 0.15) is 33.6 Å². The summed E-state index contributed by atoms with van der Waals surface area (Å²) in [4.78, 5) is 77.6. The van der Waals surface area contributed by atoms with Gasteiger partial charge in [0.2, 0.25) is 11.8 Å². The molecule has 0 radical (unpaired) electrons. The number of thiocarbonyl (C=S) groups is 2. The fraction of sp³-hybridized carbons (Fsp3) is 0.154. The predicted octanol–water partition coefficient (Wildman–Crippen LogP) is 2.93. The van der Waals surface area contributed by atoms with Gasteiger partial charge in [0.15, 0.2) is 0 Å². The maximum absolute atomic E-state index is 13.1. The van der Waals surface area contributed by atoms with E-state index in [1.807, 2.05) is 0 Å². The number of halogens is 2. The predicted molar refractivity (Wildman–Crippen MR) is 174 cm³/mol. The van der Waals surface area contributed by atoms with Crippen molar-refractivity contribution >= 4 is 115 Å². The average Bonchev–Trinajstić information content (AvgIpc) is 3.44. The molecule has 0 aliphatic carbocycles. The molecule has 0 unspecified atom stereocenters. The molecule has 0 spiro atoms. The van der Waals surface area contributed by atoms with Crippen molar-refractivity contribution in [3.8, 4) is 0 Å². The Labute approximate surface area is 279 Å². The first-order chi connectivity index (χ1) is 20.9. The number of hydrogen-bond donors (Lipinski definition) is 4. The summed E-state index contributed by atoms with van der Waals surface area (Å²) >= 11 is 24.0. The molecule has 2 fully saturated rings. The molecule has 228 valence electrons. The highest BCUT2D eigenvalue weighted by Gasteiger charge is 2.42. The highest BCUT2D eigenvalue weighted by atomic mass is 35.5. The van der Waals surface area contributed by atoms with Gasteiger partial charge in [-0.1, -0.05) is 71.2 Å². The fourth-order valence-electron chi connectivity index (χ4n) is 3.61. The van der Waals surface area contributed by atoms with Crippen LogP contribution >= 0.6 is 71.2 Å². The zero-order chi connectivity index (χ0) is 32.0. The Morgan fingerprint density at radius 2 is 0.955 bits per heavy atom. The van der Waals surface area contributed by atoms with E-state index >= 15 is 0 Å². The van der Waals surface area contributed by atoms with Crippen molar-refractivity contribution in [3.05, 3.63) is 79.5 Å². The second-order valence-electron chi connectivity index (χ2n) is 8.83. The lowest BCUT2D eigenvalue weighted by molar-refractivity contribution is -0.126. The largest absolute Gasteiger partial charge is 0.292 e. The van der Waals surface area contributed by atoms with Gasteiger partial charge in [0.05, 0.1) is 9.81 Å². The molecular weight excluding hydrogens is 691 g/mol. The molecule has 0 bridgehead atoms. The Balaban J connectivity index is 1.26. The van der Waals surface area contributed by atoms with Crippen LogP contribution in [0.5, 0.6) is 0 Å². The zero-order valence-corrected chi connectivity index (χ0v) is 27.0. The highest BCUT2D eigenvalue weighted by Crippen LogP contribution is 2.42. The number of hydrogen-bond acceptors (Lipinski definition) is 10. The van der Waals surface area contributed by atoms with Crippen LogP contribution < -0.4 is 21.7 Å². The fourth-order valence-corrected chi connectivity index (χ4v) is 6.63. The monoisotopic (exact) mass is 710 g/mol. The Bertz CT molecular complexity index is 1490. The summed E-state index contributed by atoms with van der Waals surface area (Å²) < 4.78 is 0.285. The van der Waals surface area contributed by atoms with E-state index in [-0.39, 0.29) is 55.5 Å². The number of thioether (sulfide) groups is 2. The SMILES string of the molecule is O=C(CCN1C(=O)/C(=C2\SC(=S)N(CCC(=O)NNC(=O)c3ccc(Cl)cc3)C2=O)SC1=S)NNC(=O)c1ccc(Cl)cc1. The second-order valence-corrected chi connectivity index (χ2v) is 13.0. The zero-order valence-electron chi connectivity index (χ0n) is 22.2. The molecule has 44 heavy (non-hydrogen) atoms.